The van der Waals surface area contributed by atoms with Crippen LogP contribution in [-0.4, -0.2) is 10.8 Å². The molecule has 3 aromatic rings. The Labute approximate surface area is 129 Å². The van der Waals surface area contributed by atoms with E-state index in [-0.39, 0.29) is 5.78 Å². The quantitative estimate of drug-likeness (QED) is 0.619. The van der Waals surface area contributed by atoms with Crippen LogP contribution in [0.2, 0.25) is 5.02 Å². The molecule has 98 valence electrons. The summed E-state index contributed by atoms with van der Waals surface area (Å²) in [4.78, 5) is 17.0. The molecule has 0 spiro atoms. The van der Waals surface area contributed by atoms with Crippen molar-refractivity contribution < 1.29 is 4.79 Å². The first-order chi connectivity index (χ1) is 9.65. The number of pyridine rings is 1. The number of fused-ring (bicyclic) bond motifs is 1. The number of para-hydroxylation sites is 1. The lowest BCUT2D eigenvalue weighted by atomic mass is 10.1. The molecular weight excluding hydrogens is 338 g/mol. The van der Waals surface area contributed by atoms with Crippen LogP contribution in [0.15, 0.2) is 59.1 Å². The predicted molar refractivity (Wildman–Crippen MR) is 84.3 cm³/mol. The first-order valence-electron chi connectivity index (χ1n) is 6.01. The molecule has 1 heterocycles. The summed E-state index contributed by atoms with van der Waals surface area (Å²) < 4.78 is 0.682. The van der Waals surface area contributed by atoms with Crippen LogP contribution in [0, 0.1) is 0 Å². The molecule has 0 saturated heterocycles. The molecule has 0 atom stereocenters. The largest absolute Gasteiger partial charge is 0.287 e. The summed E-state index contributed by atoms with van der Waals surface area (Å²) in [6.45, 7) is 0. The Morgan fingerprint density at radius 1 is 1.05 bits per heavy atom. The van der Waals surface area contributed by atoms with Crippen molar-refractivity contribution in [2.75, 3.05) is 0 Å². The number of carbonyl (C=O) groups is 1. The second kappa shape index (κ2) is 5.35. The minimum Gasteiger partial charge on any atom is -0.287 e. The molecule has 0 aliphatic carbocycles. The first kappa shape index (κ1) is 13.3. The second-order valence-electron chi connectivity index (χ2n) is 4.35. The SMILES string of the molecule is O=C(c1cccc(Cl)c1)c1nc2ccccc2cc1Br. The monoisotopic (exact) mass is 345 g/mol. The highest BCUT2D eigenvalue weighted by Gasteiger charge is 2.15. The molecule has 3 rings (SSSR count). The van der Waals surface area contributed by atoms with Crippen LogP contribution < -0.4 is 0 Å². The number of ketones is 1. The van der Waals surface area contributed by atoms with Crippen LogP contribution >= 0.6 is 27.5 Å². The van der Waals surface area contributed by atoms with Gasteiger partial charge in [-0.1, -0.05) is 41.9 Å². The van der Waals surface area contributed by atoms with Crippen molar-refractivity contribution in [3.8, 4) is 0 Å². The van der Waals surface area contributed by atoms with Crippen LogP contribution in [0.25, 0.3) is 10.9 Å². The van der Waals surface area contributed by atoms with Gasteiger partial charge in [-0.2, -0.15) is 0 Å². The van der Waals surface area contributed by atoms with Crippen molar-refractivity contribution in [1.29, 1.82) is 0 Å². The third-order valence-electron chi connectivity index (χ3n) is 2.98. The molecule has 0 fully saturated rings. The van der Waals surface area contributed by atoms with E-state index in [1.165, 1.54) is 0 Å². The molecule has 0 amide bonds. The van der Waals surface area contributed by atoms with E-state index in [9.17, 15) is 4.79 Å². The zero-order chi connectivity index (χ0) is 14.1. The van der Waals surface area contributed by atoms with E-state index in [0.717, 1.165) is 10.9 Å². The molecule has 0 aliphatic heterocycles. The van der Waals surface area contributed by atoms with Gasteiger partial charge in [-0.05, 0) is 40.2 Å². The molecular formula is C16H9BrClNO. The smallest absolute Gasteiger partial charge is 0.212 e. The number of rotatable bonds is 2. The van der Waals surface area contributed by atoms with E-state index in [1.54, 1.807) is 24.3 Å². The highest BCUT2D eigenvalue weighted by molar-refractivity contribution is 9.10. The first-order valence-corrected chi connectivity index (χ1v) is 7.18. The molecule has 0 aliphatic rings. The Hall–Kier alpha value is -1.71. The Balaban J connectivity index is 2.14. The van der Waals surface area contributed by atoms with Crippen molar-refractivity contribution in [3.63, 3.8) is 0 Å². The van der Waals surface area contributed by atoms with Gasteiger partial charge in [0.05, 0.1) is 5.52 Å². The number of nitrogens with zero attached hydrogens (tertiary/aromatic N) is 1. The highest BCUT2D eigenvalue weighted by Crippen LogP contribution is 2.24. The van der Waals surface area contributed by atoms with Gasteiger partial charge >= 0.3 is 0 Å². The zero-order valence-corrected chi connectivity index (χ0v) is 12.6. The fraction of sp³-hybridized carbons (Fsp3) is 0. The minimum absolute atomic E-state index is 0.148. The zero-order valence-electron chi connectivity index (χ0n) is 10.3. The van der Waals surface area contributed by atoms with Crippen LogP contribution in [-0.2, 0) is 0 Å². The summed E-state index contributed by atoms with van der Waals surface area (Å²) in [5.74, 6) is -0.148. The number of halogens is 2. The average molecular weight is 347 g/mol. The van der Waals surface area contributed by atoms with Crippen LogP contribution in [0.5, 0.6) is 0 Å². The number of aromatic nitrogens is 1. The molecule has 1 aromatic heterocycles. The topological polar surface area (TPSA) is 30.0 Å². The number of hydrogen-bond acceptors (Lipinski definition) is 2. The average Bonchev–Trinajstić information content (AvgIpc) is 2.46. The fourth-order valence-electron chi connectivity index (χ4n) is 2.02. The molecule has 0 bridgehead atoms. The van der Waals surface area contributed by atoms with Gasteiger partial charge in [0.2, 0.25) is 5.78 Å². The van der Waals surface area contributed by atoms with Gasteiger partial charge in [0.25, 0.3) is 0 Å². The van der Waals surface area contributed by atoms with Crippen LogP contribution in [0.3, 0.4) is 0 Å². The summed E-state index contributed by atoms with van der Waals surface area (Å²) in [6, 6.07) is 16.5. The minimum atomic E-state index is -0.148. The molecule has 0 radical (unpaired) electrons. The van der Waals surface area contributed by atoms with Crippen molar-refractivity contribution in [3.05, 3.63) is 75.4 Å². The van der Waals surface area contributed by atoms with Crippen molar-refractivity contribution in [2.45, 2.75) is 0 Å². The molecule has 2 nitrogen and oxygen atoms in total. The van der Waals surface area contributed by atoms with Gasteiger partial charge in [0, 0.05) is 20.4 Å². The van der Waals surface area contributed by atoms with E-state index in [1.807, 2.05) is 30.3 Å². The molecule has 0 saturated carbocycles. The summed E-state index contributed by atoms with van der Waals surface area (Å²) in [7, 11) is 0. The third kappa shape index (κ3) is 2.47. The maximum absolute atomic E-state index is 12.5. The molecule has 2 aromatic carbocycles. The van der Waals surface area contributed by atoms with Gasteiger partial charge in [-0.15, -0.1) is 0 Å². The van der Waals surface area contributed by atoms with Gasteiger partial charge in [0.1, 0.15) is 5.69 Å². The lowest BCUT2D eigenvalue weighted by Gasteiger charge is -2.06. The summed E-state index contributed by atoms with van der Waals surface area (Å²) in [6.07, 6.45) is 0. The lowest BCUT2D eigenvalue weighted by Crippen LogP contribution is -2.05. The van der Waals surface area contributed by atoms with Crippen molar-refractivity contribution >= 4 is 44.2 Å². The fourth-order valence-corrected chi connectivity index (χ4v) is 2.72. The summed E-state index contributed by atoms with van der Waals surface area (Å²) in [5.41, 5.74) is 1.72. The highest BCUT2D eigenvalue weighted by atomic mass is 79.9. The third-order valence-corrected chi connectivity index (χ3v) is 3.82. The number of benzene rings is 2. The Morgan fingerprint density at radius 2 is 1.85 bits per heavy atom. The number of carbonyl (C=O) groups excluding carboxylic acids is 1. The summed E-state index contributed by atoms with van der Waals surface area (Å²) in [5, 5.41) is 1.52. The maximum atomic E-state index is 12.5. The molecule has 0 unspecified atom stereocenters. The van der Waals surface area contributed by atoms with Gasteiger partial charge in [-0.25, -0.2) is 4.98 Å². The summed E-state index contributed by atoms with van der Waals surface area (Å²) >= 11 is 9.34. The second-order valence-corrected chi connectivity index (χ2v) is 5.64. The molecule has 20 heavy (non-hydrogen) atoms. The Bertz CT molecular complexity index is 816. The normalized spacial score (nSPS) is 10.7. The molecule has 4 heteroatoms. The van der Waals surface area contributed by atoms with Gasteiger partial charge in [-0.3, -0.25) is 4.79 Å². The van der Waals surface area contributed by atoms with E-state index in [4.69, 9.17) is 11.6 Å². The van der Waals surface area contributed by atoms with Crippen LogP contribution in [0.1, 0.15) is 16.1 Å². The van der Waals surface area contributed by atoms with E-state index in [0.29, 0.717) is 20.8 Å². The van der Waals surface area contributed by atoms with E-state index < -0.39 is 0 Å². The van der Waals surface area contributed by atoms with E-state index in [2.05, 4.69) is 20.9 Å². The lowest BCUT2D eigenvalue weighted by molar-refractivity contribution is 0.103. The maximum Gasteiger partial charge on any atom is 0.212 e. The molecule has 0 N–H and O–H groups in total. The Morgan fingerprint density at radius 3 is 2.65 bits per heavy atom. The van der Waals surface area contributed by atoms with Crippen molar-refractivity contribution in [2.24, 2.45) is 0 Å². The Kier molecular flexibility index (Phi) is 3.55. The van der Waals surface area contributed by atoms with Gasteiger partial charge < -0.3 is 0 Å². The van der Waals surface area contributed by atoms with Crippen LogP contribution in [0.4, 0.5) is 0 Å². The standard InChI is InChI=1S/C16H9BrClNO/c17-13-9-10-4-1-2-7-14(10)19-15(13)16(20)11-5-3-6-12(18)8-11/h1-9H. The van der Waals surface area contributed by atoms with Crippen molar-refractivity contribution in [1.82, 2.24) is 4.98 Å². The predicted octanol–water partition coefficient (Wildman–Crippen LogP) is 4.88. The van der Waals surface area contributed by atoms with Gasteiger partial charge in [0.15, 0.2) is 0 Å². The van der Waals surface area contributed by atoms with E-state index >= 15 is 0 Å². The number of hydrogen-bond donors (Lipinski definition) is 0.